The second kappa shape index (κ2) is 39.3. The number of carbonyl (C=O) groups excluding carboxylic acids is 3. The second-order valence-electron chi connectivity index (χ2n) is 18.5. The molecule has 58 heavy (non-hydrogen) atoms. The van der Waals surface area contributed by atoms with Crippen molar-refractivity contribution in [2.75, 3.05) is 26.2 Å². The third-order valence-corrected chi connectivity index (χ3v) is 11.3. The van der Waals surface area contributed by atoms with Crippen LogP contribution in [-0.2, 0) is 23.8 Å². The molecule has 0 aromatic heterocycles. The molecule has 0 bridgehead atoms. The van der Waals surface area contributed by atoms with Crippen molar-refractivity contribution in [2.45, 2.75) is 272 Å². The zero-order valence-corrected chi connectivity index (χ0v) is 39.9. The van der Waals surface area contributed by atoms with Gasteiger partial charge in [-0.15, -0.1) is 0 Å². The highest BCUT2D eigenvalue weighted by Crippen LogP contribution is 2.20. The number of esters is 2. The highest BCUT2D eigenvalue weighted by Gasteiger charge is 2.28. The van der Waals surface area contributed by atoms with Gasteiger partial charge < -0.3 is 19.5 Å². The number of amides is 1. The minimum Gasteiger partial charge on any atom is -0.464 e. The van der Waals surface area contributed by atoms with Gasteiger partial charge in [-0.3, -0.25) is 14.5 Å². The fourth-order valence-electron chi connectivity index (χ4n) is 7.68. The van der Waals surface area contributed by atoms with E-state index in [-0.39, 0.29) is 24.1 Å². The maximum atomic E-state index is 13.8. The van der Waals surface area contributed by atoms with Crippen LogP contribution in [-0.4, -0.2) is 66.9 Å². The Labute approximate surface area is 360 Å². The maximum Gasteiger partial charge on any atom is 0.407 e. The van der Waals surface area contributed by atoms with E-state index in [2.05, 4.69) is 44.8 Å². The molecule has 0 spiro atoms. The topological polar surface area (TPSA) is 94.2 Å². The summed E-state index contributed by atoms with van der Waals surface area (Å²) in [6.45, 7) is 18.9. The Morgan fingerprint density at radius 2 is 1.00 bits per heavy atom. The summed E-state index contributed by atoms with van der Waals surface area (Å²) >= 11 is 0. The van der Waals surface area contributed by atoms with Crippen LogP contribution in [0.15, 0.2) is 0 Å². The molecule has 2 atom stereocenters. The second-order valence-corrected chi connectivity index (χ2v) is 18.5. The molecule has 0 heterocycles. The van der Waals surface area contributed by atoms with Crippen molar-refractivity contribution in [3.63, 3.8) is 0 Å². The molecule has 344 valence electrons. The van der Waals surface area contributed by atoms with E-state index in [4.69, 9.17) is 14.2 Å². The molecule has 0 aliphatic carbocycles. The van der Waals surface area contributed by atoms with Gasteiger partial charge in [-0.05, 0) is 84.6 Å². The summed E-state index contributed by atoms with van der Waals surface area (Å²) in [6.07, 6.45) is 34.6. The molecule has 0 saturated carbocycles. The minimum atomic E-state index is -0.568. The van der Waals surface area contributed by atoms with Crippen LogP contribution in [0.1, 0.15) is 254 Å². The van der Waals surface area contributed by atoms with Gasteiger partial charge in [-0.25, -0.2) is 4.79 Å². The molecule has 8 heteroatoms. The molecule has 0 aromatic rings. The number of nitrogens with one attached hydrogen (secondary N) is 1. The number of carbonyl (C=O) groups is 3. The zero-order valence-electron chi connectivity index (χ0n) is 39.9. The van der Waals surface area contributed by atoms with E-state index >= 15 is 0 Å². The fraction of sp³-hybridized carbons (Fsp3) is 0.940. The molecular weight excluding hydrogens is 725 g/mol. The first-order valence-electron chi connectivity index (χ1n) is 25.0. The summed E-state index contributed by atoms with van der Waals surface area (Å²) in [5.41, 5.74) is -0.568. The van der Waals surface area contributed by atoms with E-state index < -0.39 is 11.7 Å². The standard InChI is InChI=1S/C50H98N2O6/c1-9-13-17-21-25-30-36-45(37-31-26-22-18-14-10-2)57-47(53)39-33-27-23-28-34-41-52(42-40-51-49(55)58-50(6,7)8)46(38-32-20-16-12-4)48(54)56-43-44(5)35-29-24-19-15-11-3/h44-46H,9-43H2,1-8H3,(H,51,55). The number of hydrogen-bond donors (Lipinski definition) is 1. The van der Waals surface area contributed by atoms with Gasteiger partial charge >= 0.3 is 18.0 Å². The Morgan fingerprint density at radius 1 is 0.552 bits per heavy atom. The van der Waals surface area contributed by atoms with Crippen LogP contribution in [0.2, 0.25) is 0 Å². The van der Waals surface area contributed by atoms with Crippen molar-refractivity contribution in [3.05, 3.63) is 0 Å². The molecule has 0 radical (unpaired) electrons. The molecule has 1 amide bonds. The lowest BCUT2D eigenvalue weighted by Crippen LogP contribution is -2.47. The summed E-state index contributed by atoms with van der Waals surface area (Å²) in [5.74, 6) is 0.190. The first kappa shape index (κ1) is 56.2. The largest absolute Gasteiger partial charge is 0.464 e. The molecule has 0 aliphatic heterocycles. The molecule has 0 aromatic carbocycles. The van der Waals surface area contributed by atoms with Crippen LogP contribution in [0.25, 0.3) is 0 Å². The van der Waals surface area contributed by atoms with Gasteiger partial charge in [0.2, 0.25) is 0 Å². The van der Waals surface area contributed by atoms with Crippen LogP contribution in [0.4, 0.5) is 4.79 Å². The van der Waals surface area contributed by atoms with Crippen LogP contribution in [0.5, 0.6) is 0 Å². The maximum absolute atomic E-state index is 13.8. The van der Waals surface area contributed by atoms with Gasteiger partial charge in [-0.2, -0.15) is 0 Å². The van der Waals surface area contributed by atoms with Crippen molar-refractivity contribution in [1.29, 1.82) is 0 Å². The molecule has 0 fully saturated rings. The molecule has 0 saturated heterocycles. The normalized spacial score (nSPS) is 12.9. The molecule has 1 N–H and O–H groups in total. The smallest absolute Gasteiger partial charge is 0.407 e. The van der Waals surface area contributed by atoms with Crippen LogP contribution >= 0.6 is 0 Å². The summed E-state index contributed by atoms with van der Waals surface area (Å²) in [6, 6.07) is -0.329. The van der Waals surface area contributed by atoms with E-state index in [9.17, 15) is 14.4 Å². The molecule has 0 rings (SSSR count). The first-order valence-corrected chi connectivity index (χ1v) is 25.0. The zero-order chi connectivity index (χ0) is 43.1. The Hall–Kier alpha value is -1.83. The highest BCUT2D eigenvalue weighted by molar-refractivity contribution is 5.75. The number of hydrogen-bond acceptors (Lipinski definition) is 7. The summed E-state index contributed by atoms with van der Waals surface area (Å²) < 4.78 is 17.6. The summed E-state index contributed by atoms with van der Waals surface area (Å²) in [4.78, 5) is 41.4. The third kappa shape index (κ3) is 36.1. The van der Waals surface area contributed by atoms with Crippen molar-refractivity contribution >= 4 is 18.0 Å². The lowest BCUT2D eigenvalue weighted by Gasteiger charge is -2.31. The lowest BCUT2D eigenvalue weighted by molar-refractivity contribution is -0.152. The van der Waals surface area contributed by atoms with E-state index in [0.717, 1.165) is 103 Å². The number of rotatable bonds is 41. The molecule has 8 nitrogen and oxygen atoms in total. The monoisotopic (exact) mass is 823 g/mol. The van der Waals surface area contributed by atoms with Gasteiger partial charge in [0.05, 0.1) is 6.61 Å². The van der Waals surface area contributed by atoms with Gasteiger partial charge in [0.25, 0.3) is 0 Å². The Bertz CT molecular complexity index is 937. The van der Waals surface area contributed by atoms with E-state index in [1.54, 1.807) is 0 Å². The average Bonchev–Trinajstić information content (AvgIpc) is 3.17. The first-order chi connectivity index (χ1) is 28.0. The van der Waals surface area contributed by atoms with Gasteiger partial charge in [0.1, 0.15) is 17.7 Å². The summed E-state index contributed by atoms with van der Waals surface area (Å²) in [7, 11) is 0. The van der Waals surface area contributed by atoms with Gasteiger partial charge in [-0.1, -0.05) is 176 Å². The average molecular weight is 823 g/mol. The Kier molecular flexibility index (Phi) is 38.1. The van der Waals surface area contributed by atoms with Crippen molar-refractivity contribution in [2.24, 2.45) is 5.92 Å². The predicted molar refractivity (Wildman–Crippen MR) is 245 cm³/mol. The Morgan fingerprint density at radius 3 is 1.53 bits per heavy atom. The van der Waals surface area contributed by atoms with Crippen molar-refractivity contribution in [3.8, 4) is 0 Å². The van der Waals surface area contributed by atoms with Crippen LogP contribution < -0.4 is 5.32 Å². The van der Waals surface area contributed by atoms with Crippen LogP contribution in [0, 0.1) is 5.92 Å². The van der Waals surface area contributed by atoms with Crippen molar-refractivity contribution < 1.29 is 28.6 Å². The van der Waals surface area contributed by atoms with Crippen molar-refractivity contribution in [1.82, 2.24) is 10.2 Å². The number of nitrogens with zero attached hydrogens (tertiary/aromatic N) is 1. The third-order valence-electron chi connectivity index (χ3n) is 11.3. The fourth-order valence-corrected chi connectivity index (χ4v) is 7.68. The highest BCUT2D eigenvalue weighted by atomic mass is 16.6. The van der Waals surface area contributed by atoms with E-state index in [1.807, 2.05) is 20.8 Å². The summed E-state index contributed by atoms with van der Waals surface area (Å²) in [5, 5.41) is 2.91. The predicted octanol–water partition coefficient (Wildman–Crippen LogP) is 14.4. The molecule has 0 aliphatic rings. The van der Waals surface area contributed by atoms with E-state index in [0.29, 0.717) is 32.0 Å². The number of unbranched alkanes of at least 4 members (excludes halogenated alkanes) is 21. The van der Waals surface area contributed by atoms with Gasteiger partial charge in [0.15, 0.2) is 0 Å². The SMILES string of the molecule is CCCCCCCCC(CCCCCCCC)OC(=O)CCCCCCCN(CCNC(=O)OC(C)(C)C)C(CCCCCC)C(=O)OCC(C)CCCCCCC. The molecule has 2 unspecified atom stereocenters. The van der Waals surface area contributed by atoms with Gasteiger partial charge in [0, 0.05) is 19.5 Å². The number of alkyl carbamates (subject to hydrolysis) is 1. The van der Waals surface area contributed by atoms with E-state index in [1.165, 1.54) is 96.3 Å². The molecular formula is C50H98N2O6. The lowest BCUT2D eigenvalue weighted by atomic mass is 10.0. The minimum absolute atomic E-state index is 0.0270. The van der Waals surface area contributed by atoms with Crippen LogP contribution in [0.3, 0.4) is 0 Å². The quantitative estimate of drug-likeness (QED) is 0.0373. The number of ether oxygens (including phenoxy) is 3. The Balaban J connectivity index is 5.18.